The SMILES string of the molecule is Cc1ccnc(C(C)C)c1-n1c(=O)c2c(c3cc(F)c(-c4c(O)cccc4F)c(F)c31)N1C[C@@H](C)CC[C@@H]1CO2. The molecule has 6 nitrogen and oxygen atoms in total. The van der Waals surface area contributed by atoms with E-state index in [2.05, 4.69) is 11.9 Å². The first-order chi connectivity index (χ1) is 19.1. The number of rotatable bonds is 3. The number of aromatic hydroxyl groups is 1. The summed E-state index contributed by atoms with van der Waals surface area (Å²) in [7, 11) is 0. The maximum Gasteiger partial charge on any atom is 0.300 e. The highest BCUT2D eigenvalue weighted by atomic mass is 19.1. The van der Waals surface area contributed by atoms with E-state index in [1.807, 2.05) is 18.7 Å². The van der Waals surface area contributed by atoms with Crippen molar-refractivity contribution < 1.29 is 23.0 Å². The van der Waals surface area contributed by atoms with Crippen LogP contribution in [0.3, 0.4) is 0 Å². The minimum Gasteiger partial charge on any atom is -0.507 e. The predicted octanol–water partition coefficient (Wildman–Crippen LogP) is 6.60. The molecule has 0 amide bonds. The first-order valence-electron chi connectivity index (χ1n) is 13.5. The molecular weight excluding hydrogens is 519 g/mol. The average Bonchev–Trinajstić information content (AvgIpc) is 2.90. The van der Waals surface area contributed by atoms with Crippen LogP contribution in [0, 0.1) is 30.3 Å². The van der Waals surface area contributed by atoms with Gasteiger partial charge in [0.25, 0.3) is 5.56 Å². The first kappa shape index (κ1) is 26.2. The lowest BCUT2D eigenvalue weighted by molar-refractivity contribution is 0.222. The van der Waals surface area contributed by atoms with Gasteiger partial charge in [0.05, 0.1) is 39.8 Å². The van der Waals surface area contributed by atoms with Gasteiger partial charge in [-0.3, -0.25) is 14.3 Å². The largest absolute Gasteiger partial charge is 0.507 e. The third-order valence-corrected chi connectivity index (χ3v) is 8.10. The number of piperidine rings is 1. The number of aryl methyl sites for hydroxylation is 1. The molecule has 0 saturated carbocycles. The van der Waals surface area contributed by atoms with Crippen LogP contribution in [0.4, 0.5) is 18.9 Å². The van der Waals surface area contributed by atoms with Crippen LogP contribution >= 0.6 is 0 Å². The number of nitrogens with zero attached hydrogens (tertiary/aromatic N) is 3. The summed E-state index contributed by atoms with van der Waals surface area (Å²) in [5.41, 5.74) is -0.275. The number of fused-ring (bicyclic) bond motifs is 5. The van der Waals surface area contributed by atoms with Gasteiger partial charge < -0.3 is 14.7 Å². The number of phenolic OH excluding ortho intramolecular Hbond substituents is 1. The van der Waals surface area contributed by atoms with Crippen LogP contribution in [0.15, 0.2) is 41.3 Å². The standard InChI is InChI=1S/C31H30F3N3O3/c1-15(2)26-27(17(4)10-11-35-26)37-28-19(12-21(33)24(25(28)34)23-20(32)6-5-7-22(23)38)29-30(31(37)39)40-14-18-9-8-16(3)13-36(18)29/h5-7,10-12,15-16,18,38H,8-9,13-14H2,1-4H3/t16-,18+/m0/s1. The molecule has 2 aromatic carbocycles. The number of hydrogen-bond donors (Lipinski definition) is 1. The van der Waals surface area contributed by atoms with Crippen molar-refractivity contribution in [1.82, 2.24) is 9.55 Å². The molecule has 9 heteroatoms. The maximum absolute atomic E-state index is 16.9. The summed E-state index contributed by atoms with van der Waals surface area (Å²) in [6, 6.07) is 6.23. The second-order valence-electron chi connectivity index (χ2n) is 11.2. The number of phenols is 1. The Morgan fingerprint density at radius 1 is 1.07 bits per heavy atom. The third kappa shape index (κ3) is 3.85. The van der Waals surface area contributed by atoms with Crippen LogP contribution in [0.1, 0.15) is 50.8 Å². The molecule has 4 aromatic rings. The quantitative estimate of drug-likeness (QED) is 0.312. The van der Waals surface area contributed by atoms with Crippen LogP contribution in [0.2, 0.25) is 0 Å². The number of pyridine rings is 2. The molecule has 1 N–H and O–H groups in total. The second-order valence-corrected chi connectivity index (χ2v) is 11.2. The zero-order chi connectivity index (χ0) is 28.5. The molecule has 2 atom stereocenters. The first-order valence-corrected chi connectivity index (χ1v) is 13.5. The monoisotopic (exact) mass is 549 g/mol. The highest BCUT2D eigenvalue weighted by molar-refractivity contribution is 6.00. The van der Waals surface area contributed by atoms with Crippen molar-refractivity contribution in [2.75, 3.05) is 18.1 Å². The zero-order valence-electron chi connectivity index (χ0n) is 22.8. The van der Waals surface area contributed by atoms with E-state index >= 15 is 8.78 Å². The van der Waals surface area contributed by atoms with Crippen LogP contribution < -0.4 is 15.2 Å². The van der Waals surface area contributed by atoms with Crippen LogP contribution in [-0.4, -0.2) is 33.9 Å². The van der Waals surface area contributed by atoms with Crippen molar-refractivity contribution in [1.29, 1.82) is 0 Å². The van der Waals surface area contributed by atoms with Crippen LogP contribution in [-0.2, 0) is 0 Å². The van der Waals surface area contributed by atoms with Gasteiger partial charge in [-0.15, -0.1) is 0 Å². The Balaban J connectivity index is 1.82. The molecule has 0 bridgehead atoms. The maximum atomic E-state index is 16.9. The average molecular weight is 550 g/mol. The van der Waals surface area contributed by atoms with E-state index in [1.54, 1.807) is 19.2 Å². The summed E-state index contributed by atoms with van der Waals surface area (Å²) in [4.78, 5) is 20.9. The number of benzene rings is 2. The Morgan fingerprint density at radius 3 is 2.58 bits per heavy atom. The van der Waals surface area contributed by atoms with E-state index in [0.717, 1.165) is 31.0 Å². The summed E-state index contributed by atoms with van der Waals surface area (Å²) in [6.45, 7) is 8.59. The summed E-state index contributed by atoms with van der Waals surface area (Å²) in [5.74, 6) is -3.62. The molecule has 2 aliphatic heterocycles. The lowest BCUT2D eigenvalue weighted by Crippen LogP contribution is -2.50. The number of ether oxygens (including phenoxy) is 1. The molecule has 40 heavy (non-hydrogen) atoms. The molecule has 2 aromatic heterocycles. The van der Waals surface area contributed by atoms with Gasteiger partial charge in [0, 0.05) is 18.1 Å². The molecule has 208 valence electrons. The third-order valence-electron chi connectivity index (χ3n) is 8.10. The molecule has 4 heterocycles. The Kier molecular flexibility index (Phi) is 6.27. The van der Waals surface area contributed by atoms with Crippen LogP contribution in [0.5, 0.6) is 11.5 Å². The van der Waals surface area contributed by atoms with Gasteiger partial charge in [-0.2, -0.15) is 0 Å². The van der Waals surface area contributed by atoms with E-state index in [-0.39, 0.29) is 35.2 Å². The Labute approximate surface area is 229 Å². The van der Waals surface area contributed by atoms with Crippen molar-refractivity contribution in [2.24, 2.45) is 5.92 Å². The zero-order valence-corrected chi connectivity index (χ0v) is 22.8. The summed E-state index contributed by atoms with van der Waals surface area (Å²) < 4.78 is 55.0. The fourth-order valence-electron chi connectivity index (χ4n) is 6.17. The minimum atomic E-state index is -1.15. The van der Waals surface area contributed by atoms with Gasteiger partial charge >= 0.3 is 0 Å². The number of aromatic nitrogens is 2. The summed E-state index contributed by atoms with van der Waals surface area (Å²) in [6.07, 6.45) is 3.41. The molecule has 0 radical (unpaired) electrons. The lowest BCUT2D eigenvalue weighted by Gasteiger charge is -2.44. The number of hydrogen-bond acceptors (Lipinski definition) is 5. The topological polar surface area (TPSA) is 67.6 Å². The van der Waals surface area contributed by atoms with Crippen molar-refractivity contribution >= 4 is 16.6 Å². The Hall–Kier alpha value is -4.01. The van der Waals surface area contributed by atoms with E-state index in [9.17, 15) is 14.3 Å². The normalized spacial score (nSPS) is 18.6. The molecule has 0 spiro atoms. The fraction of sp³-hybridized carbons (Fsp3) is 0.355. The van der Waals surface area contributed by atoms with Crippen molar-refractivity contribution in [3.63, 3.8) is 0 Å². The molecule has 1 saturated heterocycles. The molecular formula is C31H30F3N3O3. The fourth-order valence-corrected chi connectivity index (χ4v) is 6.17. The molecule has 0 unspecified atom stereocenters. The van der Waals surface area contributed by atoms with Gasteiger partial charge in [-0.25, -0.2) is 13.2 Å². The highest BCUT2D eigenvalue weighted by Crippen LogP contribution is 2.46. The van der Waals surface area contributed by atoms with Crippen molar-refractivity contribution in [3.05, 3.63) is 75.6 Å². The molecule has 6 rings (SSSR count). The van der Waals surface area contributed by atoms with E-state index in [4.69, 9.17) is 4.74 Å². The number of halogens is 3. The van der Waals surface area contributed by atoms with E-state index < -0.39 is 39.9 Å². The second kappa shape index (κ2) is 9.57. The highest BCUT2D eigenvalue weighted by Gasteiger charge is 2.38. The van der Waals surface area contributed by atoms with Gasteiger partial charge in [0.2, 0.25) is 5.75 Å². The van der Waals surface area contributed by atoms with Gasteiger partial charge in [0.1, 0.15) is 24.0 Å². The van der Waals surface area contributed by atoms with Crippen LogP contribution in [0.25, 0.3) is 27.7 Å². The lowest BCUT2D eigenvalue weighted by atomic mass is 9.91. The molecule has 2 aliphatic rings. The van der Waals surface area contributed by atoms with Gasteiger partial charge in [0.15, 0.2) is 5.82 Å². The van der Waals surface area contributed by atoms with Gasteiger partial charge in [-0.1, -0.05) is 26.8 Å². The number of anilines is 1. The van der Waals surface area contributed by atoms with Crippen molar-refractivity contribution in [3.8, 4) is 28.3 Å². The smallest absolute Gasteiger partial charge is 0.300 e. The molecule has 0 aliphatic carbocycles. The van der Waals surface area contributed by atoms with Crippen molar-refractivity contribution in [2.45, 2.75) is 52.5 Å². The van der Waals surface area contributed by atoms with Gasteiger partial charge in [-0.05, 0) is 61.4 Å². The Morgan fingerprint density at radius 2 is 1.85 bits per heavy atom. The van der Waals surface area contributed by atoms with E-state index in [1.165, 1.54) is 10.6 Å². The Bertz CT molecular complexity index is 1710. The predicted molar refractivity (Wildman–Crippen MR) is 148 cm³/mol. The minimum absolute atomic E-state index is 0.0242. The summed E-state index contributed by atoms with van der Waals surface area (Å²) in [5, 5.41) is 10.6. The van der Waals surface area contributed by atoms with E-state index in [0.29, 0.717) is 35.1 Å². The summed E-state index contributed by atoms with van der Waals surface area (Å²) >= 11 is 0. The molecule has 1 fully saturated rings.